The maximum absolute atomic E-state index is 13.5. The van der Waals surface area contributed by atoms with Crippen LogP contribution in [0.15, 0.2) is 102 Å². The minimum Gasteiger partial charge on any atom is -0.508 e. The number of para-hydroxylation sites is 2. The van der Waals surface area contributed by atoms with E-state index in [4.69, 9.17) is 0 Å². The first kappa shape index (κ1) is 24.1. The predicted octanol–water partition coefficient (Wildman–Crippen LogP) is 6.86. The van der Waals surface area contributed by atoms with Crippen molar-refractivity contribution in [1.82, 2.24) is 9.99 Å². The maximum Gasteiger partial charge on any atom is 0.416 e. The summed E-state index contributed by atoms with van der Waals surface area (Å²) in [5, 5.41) is 19.2. The number of carbonyl (C=O) groups is 1. The van der Waals surface area contributed by atoms with Gasteiger partial charge in [0.15, 0.2) is 0 Å². The van der Waals surface area contributed by atoms with Crippen molar-refractivity contribution < 1.29 is 23.1 Å². The third-order valence-corrected chi connectivity index (χ3v) is 6.10. The molecule has 0 spiro atoms. The standard InChI is InChI=1S/C28H21F3N4O2/c29-28(30,31)20-13-11-18(12-14-20)21-7-1-3-9-23(21)33-27(37)35-25(22-8-2-4-10-26(22)36)16-24(34-35)19-6-5-15-32-17-19/h1-15,17,25,36H,16H2,(H,33,37). The van der Waals surface area contributed by atoms with E-state index in [0.29, 0.717) is 34.5 Å². The average Bonchev–Trinajstić information content (AvgIpc) is 3.35. The van der Waals surface area contributed by atoms with E-state index in [1.165, 1.54) is 17.1 Å². The van der Waals surface area contributed by atoms with Crippen LogP contribution in [0, 0.1) is 0 Å². The zero-order valence-corrected chi connectivity index (χ0v) is 19.4. The summed E-state index contributed by atoms with van der Waals surface area (Å²) >= 11 is 0. The second kappa shape index (κ2) is 9.77. The molecule has 0 saturated heterocycles. The second-order valence-electron chi connectivity index (χ2n) is 8.46. The molecule has 0 fully saturated rings. The first-order chi connectivity index (χ1) is 17.8. The molecular formula is C28H21F3N4O2. The molecule has 6 nitrogen and oxygen atoms in total. The van der Waals surface area contributed by atoms with Crippen LogP contribution in [0.4, 0.5) is 23.7 Å². The van der Waals surface area contributed by atoms with Gasteiger partial charge in [0.25, 0.3) is 0 Å². The Bertz CT molecular complexity index is 1450. The van der Waals surface area contributed by atoms with Gasteiger partial charge in [0.05, 0.1) is 23.0 Å². The lowest BCUT2D eigenvalue weighted by Crippen LogP contribution is -2.31. The molecule has 0 saturated carbocycles. The number of phenols is 1. The van der Waals surface area contributed by atoms with Gasteiger partial charge in [-0.2, -0.15) is 18.3 Å². The van der Waals surface area contributed by atoms with Gasteiger partial charge in [0, 0.05) is 35.5 Å². The Morgan fingerprint density at radius 2 is 1.65 bits per heavy atom. The number of rotatable bonds is 4. The number of nitrogens with zero attached hydrogens (tertiary/aromatic N) is 3. The average molecular weight is 502 g/mol. The Hall–Kier alpha value is -4.66. The molecule has 2 heterocycles. The Morgan fingerprint density at radius 1 is 0.919 bits per heavy atom. The summed E-state index contributed by atoms with van der Waals surface area (Å²) in [6, 6.07) is 20.8. The summed E-state index contributed by atoms with van der Waals surface area (Å²) < 4.78 is 39.0. The molecule has 9 heteroatoms. The third-order valence-electron chi connectivity index (χ3n) is 6.10. The number of aromatic hydroxyl groups is 1. The van der Waals surface area contributed by atoms with Crippen LogP contribution in [0.25, 0.3) is 11.1 Å². The number of anilines is 1. The highest BCUT2D eigenvalue weighted by Crippen LogP contribution is 2.38. The zero-order valence-electron chi connectivity index (χ0n) is 19.4. The van der Waals surface area contributed by atoms with Crippen LogP contribution in [-0.2, 0) is 6.18 Å². The Balaban J connectivity index is 1.47. The number of alkyl halides is 3. The molecule has 2 amide bonds. The van der Waals surface area contributed by atoms with Gasteiger partial charge in [-0.25, -0.2) is 9.80 Å². The third kappa shape index (κ3) is 5.02. The summed E-state index contributed by atoms with van der Waals surface area (Å²) in [5.74, 6) is 0.0399. The quantitative estimate of drug-likeness (QED) is 0.320. The smallest absolute Gasteiger partial charge is 0.416 e. The van der Waals surface area contributed by atoms with Crippen LogP contribution in [0.3, 0.4) is 0 Å². The molecule has 1 unspecified atom stereocenters. The number of amides is 2. The lowest BCUT2D eigenvalue weighted by atomic mass is 9.98. The number of hydrogen-bond donors (Lipinski definition) is 2. The topological polar surface area (TPSA) is 77.8 Å². The number of benzene rings is 3. The van der Waals surface area contributed by atoms with Crippen molar-refractivity contribution in [1.29, 1.82) is 0 Å². The number of nitrogens with one attached hydrogen (secondary N) is 1. The van der Waals surface area contributed by atoms with Gasteiger partial charge in [0.1, 0.15) is 5.75 Å². The number of phenolic OH excluding ortho intramolecular Hbond substituents is 1. The van der Waals surface area contributed by atoms with E-state index >= 15 is 0 Å². The van der Waals surface area contributed by atoms with E-state index in [1.54, 1.807) is 67.0 Å². The van der Waals surface area contributed by atoms with Crippen molar-refractivity contribution in [3.05, 3.63) is 114 Å². The van der Waals surface area contributed by atoms with Crippen LogP contribution in [0.2, 0.25) is 0 Å². The number of carbonyl (C=O) groups excluding carboxylic acids is 1. The van der Waals surface area contributed by atoms with E-state index in [1.807, 2.05) is 6.07 Å². The molecule has 1 aliphatic rings. The molecule has 4 aromatic rings. The molecule has 5 rings (SSSR count). The van der Waals surface area contributed by atoms with Crippen LogP contribution < -0.4 is 5.32 Å². The normalized spacial score (nSPS) is 15.4. The number of aromatic nitrogens is 1. The largest absolute Gasteiger partial charge is 0.508 e. The lowest BCUT2D eigenvalue weighted by Gasteiger charge is -2.23. The van der Waals surface area contributed by atoms with Gasteiger partial charge < -0.3 is 10.4 Å². The predicted molar refractivity (Wildman–Crippen MR) is 134 cm³/mol. The van der Waals surface area contributed by atoms with Crippen LogP contribution in [0.5, 0.6) is 5.75 Å². The van der Waals surface area contributed by atoms with E-state index in [2.05, 4.69) is 15.4 Å². The summed E-state index contributed by atoms with van der Waals surface area (Å²) in [4.78, 5) is 17.6. The highest BCUT2D eigenvalue weighted by atomic mass is 19.4. The van der Waals surface area contributed by atoms with Crippen molar-refractivity contribution in [2.24, 2.45) is 5.10 Å². The summed E-state index contributed by atoms with van der Waals surface area (Å²) in [6.07, 6.45) is -0.786. The van der Waals surface area contributed by atoms with Crippen molar-refractivity contribution in [3.63, 3.8) is 0 Å². The molecule has 0 aliphatic carbocycles. The van der Waals surface area contributed by atoms with E-state index in [9.17, 15) is 23.1 Å². The molecule has 3 aromatic carbocycles. The maximum atomic E-state index is 13.5. The number of pyridine rings is 1. The molecular weight excluding hydrogens is 481 g/mol. The second-order valence-corrected chi connectivity index (χ2v) is 8.46. The Kier molecular flexibility index (Phi) is 6.35. The molecule has 186 valence electrons. The van der Waals surface area contributed by atoms with Crippen LogP contribution >= 0.6 is 0 Å². The van der Waals surface area contributed by atoms with Crippen molar-refractivity contribution in [2.45, 2.75) is 18.6 Å². The molecule has 1 aromatic heterocycles. The van der Waals surface area contributed by atoms with Gasteiger partial charge in [-0.15, -0.1) is 0 Å². The molecule has 1 aliphatic heterocycles. The molecule has 37 heavy (non-hydrogen) atoms. The van der Waals surface area contributed by atoms with Crippen molar-refractivity contribution in [2.75, 3.05) is 5.32 Å². The monoisotopic (exact) mass is 502 g/mol. The van der Waals surface area contributed by atoms with Gasteiger partial charge in [-0.1, -0.05) is 54.6 Å². The fourth-order valence-corrected chi connectivity index (χ4v) is 4.27. The summed E-state index contributed by atoms with van der Waals surface area (Å²) in [6.45, 7) is 0. The Morgan fingerprint density at radius 3 is 2.35 bits per heavy atom. The highest BCUT2D eigenvalue weighted by molar-refractivity contribution is 6.04. The minimum absolute atomic E-state index is 0.0399. The molecule has 1 atom stereocenters. The first-order valence-electron chi connectivity index (χ1n) is 11.4. The van der Waals surface area contributed by atoms with Gasteiger partial charge in [-0.05, 0) is 35.9 Å². The number of hydrazone groups is 1. The van der Waals surface area contributed by atoms with E-state index in [-0.39, 0.29) is 5.75 Å². The summed E-state index contributed by atoms with van der Waals surface area (Å²) in [5.41, 5.74) is 2.65. The Labute approximate surface area is 210 Å². The summed E-state index contributed by atoms with van der Waals surface area (Å²) in [7, 11) is 0. The first-order valence-corrected chi connectivity index (χ1v) is 11.4. The van der Waals surface area contributed by atoms with Gasteiger partial charge in [-0.3, -0.25) is 4.98 Å². The SMILES string of the molecule is O=C(Nc1ccccc1-c1ccc(C(F)(F)F)cc1)N1N=C(c2cccnc2)CC1c1ccccc1O. The minimum atomic E-state index is -4.44. The fourth-order valence-electron chi connectivity index (χ4n) is 4.27. The zero-order chi connectivity index (χ0) is 26.0. The van der Waals surface area contributed by atoms with Gasteiger partial charge >= 0.3 is 12.2 Å². The fraction of sp³-hybridized carbons (Fsp3) is 0.107. The number of urea groups is 1. The van der Waals surface area contributed by atoms with Crippen LogP contribution in [-0.4, -0.2) is 26.8 Å². The van der Waals surface area contributed by atoms with Crippen molar-refractivity contribution >= 4 is 17.4 Å². The number of halogens is 3. The van der Waals surface area contributed by atoms with Crippen LogP contribution in [0.1, 0.15) is 29.2 Å². The number of hydrogen-bond acceptors (Lipinski definition) is 4. The van der Waals surface area contributed by atoms with Crippen molar-refractivity contribution in [3.8, 4) is 16.9 Å². The highest BCUT2D eigenvalue weighted by Gasteiger charge is 2.35. The van der Waals surface area contributed by atoms with E-state index < -0.39 is 23.8 Å². The molecule has 0 bridgehead atoms. The van der Waals surface area contributed by atoms with E-state index in [0.717, 1.165) is 17.7 Å². The van der Waals surface area contributed by atoms with Gasteiger partial charge in [0.2, 0.25) is 0 Å². The molecule has 2 N–H and O–H groups in total. The molecule has 0 radical (unpaired) electrons. The lowest BCUT2D eigenvalue weighted by molar-refractivity contribution is -0.137.